The Bertz CT molecular complexity index is 590. The van der Waals surface area contributed by atoms with Gasteiger partial charge in [0.2, 0.25) is 0 Å². The summed E-state index contributed by atoms with van der Waals surface area (Å²) in [6, 6.07) is 5.85. The van der Waals surface area contributed by atoms with Gasteiger partial charge >= 0.3 is 5.97 Å². The van der Waals surface area contributed by atoms with Crippen LogP contribution in [0.15, 0.2) is 34.2 Å². The number of hydrogen-bond donors (Lipinski definition) is 1. The predicted octanol–water partition coefficient (Wildman–Crippen LogP) is 2.81. The molecule has 2 aromatic rings. The van der Waals surface area contributed by atoms with Crippen LogP contribution in [0.1, 0.15) is 0 Å². The maximum atomic E-state index is 10.6. The summed E-state index contributed by atoms with van der Waals surface area (Å²) < 4.78 is 3.76. The Morgan fingerprint density at radius 3 is 3.06 bits per heavy atom. The zero-order valence-electron chi connectivity index (χ0n) is 8.88. The molecule has 0 saturated heterocycles. The van der Waals surface area contributed by atoms with Crippen molar-refractivity contribution in [2.45, 2.75) is 5.16 Å². The second-order valence-electron chi connectivity index (χ2n) is 3.26. The molecule has 0 saturated carbocycles. The molecule has 1 aromatic carbocycles. The molecule has 0 aliphatic heterocycles. The Morgan fingerprint density at radius 1 is 1.56 bits per heavy atom. The SMILES string of the molecule is O=C(O)CSc1nncn1-c1cc(Br)ccc1I. The number of carboxylic acids is 1. The largest absolute Gasteiger partial charge is 0.481 e. The number of halogens is 2. The third-order valence-electron chi connectivity index (χ3n) is 2.01. The molecule has 0 aliphatic rings. The van der Waals surface area contributed by atoms with E-state index in [0.717, 1.165) is 25.5 Å². The minimum Gasteiger partial charge on any atom is -0.481 e. The van der Waals surface area contributed by atoms with Crippen LogP contribution < -0.4 is 0 Å². The van der Waals surface area contributed by atoms with E-state index in [-0.39, 0.29) is 5.75 Å². The number of carbonyl (C=O) groups is 1. The average molecular weight is 440 g/mol. The molecule has 8 heteroatoms. The Morgan fingerprint density at radius 2 is 2.33 bits per heavy atom. The van der Waals surface area contributed by atoms with Gasteiger partial charge in [-0.1, -0.05) is 27.7 Å². The molecule has 0 atom stereocenters. The summed E-state index contributed by atoms with van der Waals surface area (Å²) in [5, 5.41) is 17.0. The van der Waals surface area contributed by atoms with Gasteiger partial charge in [-0.25, -0.2) is 0 Å². The number of carboxylic acid groups (broad SMARTS) is 1. The topological polar surface area (TPSA) is 68.0 Å². The van der Waals surface area contributed by atoms with Gasteiger partial charge in [-0.3, -0.25) is 9.36 Å². The smallest absolute Gasteiger partial charge is 0.313 e. The molecule has 0 radical (unpaired) electrons. The van der Waals surface area contributed by atoms with Crippen LogP contribution in [0.2, 0.25) is 0 Å². The number of aliphatic carboxylic acids is 1. The van der Waals surface area contributed by atoms with Gasteiger partial charge < -0.3 is 5.11 Å². The van der Waals surface area contributed by atoms with E-state index in [0.29, 0.717) is 5.16 Å². The van der Waals surface area contributed by atoms with Crippen molar-refractivity contribution in [3.8, 4) is 5.69 Å². The monoisotopic (exact) mass is 439 g/mol. The normalized spacial score (nSPS) is 10.6. The lowest BCUT2D eigenvalue weighted by Gasteiger charge is -2.08. The summed E-state index contributed by atoms with van der Waals surface area (Å²) in [7, 11) is 0. The van der Waals surface area contributed by atoms with Gasteiger partial charge in [-0.05, 0) is 40.8 Å². The summed E-state index contributed by atoms with van der Waals surface area (Å²) in [6.07, 6.45) is 1.58. The zero-order valence-corrected chi connectivity index (χ0v) is 13.4. The van der Waals surface area contributed by atoms with Crippen LogP contribution in [-0.2, 0) is 4.79 Å². The van der Waals surface area contributed by atoms with Crippen molar-refractivity contribution in [1.82, 2.24) is 14.8 Å². The lowest BCUT2D eigenvalue weighted by atomic mass is 10.3. The number of nitrogens with zero attached hydrogens (tertiary/aromatic N) is 3. The lowest BCUT2D eigenvalue weighted by molar-refractivity contribution is -0.133. The molecule has 5 nitrogen and oxygen atoms in total. The lowest BCUT2D eigenvalue weighted by Crippen LogP contribution is -2.02. The Labute approximate surface area is 129 Å². The number of hydrogen-bond acceptors (Lipinski definition) is 4. The molecular formula is C10H7BrIN3O2S. The van der Waals surface area contributed by atoms with Crippen molar-refractivity contribution in [1.29, 1.82) is 0 Å². The van der Waals surface area contributed by atoms with E-state index in [1.807, 2.05) is 18.2 Å². The third kappa shape index (κ3) is 3.23. The Kier molecular flexibility index (Phi) is 4.62. The van der Waals surface area contributed by atoms with Crippen molar-refractivity contribution in [3.63, 3.8) is 0 Å². The van der Waals surface area contributed by atoms with E-state index in [1.165, 1.54) is 0 Å². The van der Waals surface area contributed by atoms with Crippen molar-refractivity contribution < 1.29 is 9.90 Å². The molecule has 1 aromatic heterocycles. The molecular weight excluding hydrogens is 433 g/mol. The highest BCUT2D eigenvalue weighted by Gasteiger charge is 2.11. The fraction of sp³-hybridized carbons (Fsp3) is 0.100. The summed E-state index contributed by atoms with van der Waals surface area (Å²) in [5.74, 6) is -0.915. The van der Waals surface area contributed by atoms with Crippen molar-refractivity contribution in [2.24, 2.45) is 0 Å². The molecule has 0 amide bonds. The third-order valence-corrected chi connectivity index (χ3v) is 4.34. The Hall–Kier alpha value is -0.610. The van der Waals surface area contributed by atoms with E-state index in [4.69, 9.17) is 5.11 Å². The second kappa shape index (κ2) is 6.02. The fourth-order valence-electron chi connectivity index (χ4n) is 1.28. The predicted molar refractivity (Wildman–Crippen MR) is 80.1 cm³/mol. The summed E-state index contributed by atoms with van der Waals surface area (Å²) in [5.41, 5.74) is 0.919. The van der Waals surface area contributed by atoms with E-state index in [1.54, 1.807) is 10.9 Å². The Balaban J connectivity index is 2.36. The summed E-state index contributed by atoms with van der Waals surface area (Å²) in [6.45, 7) is 0. The highest BCUT2D eigenvalue weighted by Crippen LogP contribution is 2.25. The first-order valence-corrected chi connectivity index (χ1v) is 7.63. The van der Waals surface area contributed by atoms with Crippen LogP contribution in [0, 0.1) is 3.57 Å². The van der Waals surface area contributed by atoms with E-state index in [9.17, 15) is 4.79 Å². The quantitative estimate of drug-likeness (QED) is 0.586. The molecule has 0 spiro atoms. The maximum Gasteiger partial charge on any atom is 0.313 e. The molecule has 94 valence electrons. The second-order valence-corrected chi connectivity index (χ2v) is 6.28. The average Bonchev–Trinajstić information content (AvgIpc) is 2.77. The maximum absolute atomic E-state index is 10.6. The minimum absolute atomic E-state index is 0.0384. The van der Waals surface area contributed by atoms with Crippen LogP contribution in [-0.4, -0.2) is 31.6 Å². The van der Waals surface area contributed by atoms with Crippen molar-refractivity contribution in [3.05, 3.63) is 32.6 Å². The van der Waals surface area contributed by atoms with E-state index >= 15 is 0 Å². The number of thioether (sulfide) groups is 1. The molecule has 0 bridgehead atoms. The first-order chi connectivity index (χ1) is 8.58. The van der Waals surface area contributed by atoms with Crippen LogP contribution in [0.5, 0.6) is 0 Å². The summed E-state index contributed by atoms with van der Waals surface area (Å²) in [4.78, 5) is 10.6. The van der Waals surface area contributed by atoms with Gasteiger partial charge in [0.25, 0.3) is 0 Å². The molecule has 2 rings (SSSR count). The molecule has 1 heterocycles. The molecule has 0 aliphatic carbocycles. The zero-order chi connectivity index (χ0) is 13.1. The first kappa shape index (κ1) is 13.8. The van der Waals surface area contributed by atoms with Crippen LogP contribution in [0.3, 0.4) is 0 Å². The molecule has 18 heavy (non-hydrogen) atoms. The van der Waals surface area contributed by atoms with Crippen LogP contribution in [0.25, 0.3) is 5.69 Å². The van der Waals surface area contributed by atoms with Gasteiger partial charge in [0, 0.05) is 8.04 Å². The molecule has 0 fully saturated rings. The van der Waals surface area contributed by atoms with Gasteiger partial charge in [0.15, 0.2) is 5.16 Å². The van der Waals surface area contributed by atoms with Crippen LogP contribution in [0.4, 0.5) is 0 Å². The minimum atomic E-state index is -0.876. The van der Waals surface area contributed by atoms with Crippen LogP contribution >= 0.6 is 50.3 Å². The highest BCUT2D eigenvalue weighted by molar-refractivity contribution is 14.1. The van der Waals surface area contributed by atoms with Crippen molar-refractivity contribution in [2.75, 3.05) is 5.75 Å². The number of aromatic nitrogens is 3. The highest BCUT2D eigenvalue weighted by atomic mass is 127. The van der Waals surface area contributed by atoms with Crippen molar-refractivity contribution >= 4 is 56.3 Å². The standard InChI is InChI=1S/C10H7BrIN3O2S/c11-6-1-2-7(12)8(3-6)15-5-13-14-10(15)18-4-9(16)17/h1-3,5H,4H2,(H,16,17). The summed E-state index contributed by atoms with van der Waals surface area (Å²) >= 11 is 6.77. The number of rotatable bonds is 4. The molecule has 0 unspecified atom stereocenters. The molecule has 1 N–H and O–H groups in total. The van der Waals surface area contributed by atoms with E-state index < -0.39 is 5.97 Å². The van der Waals surface area contributed by atoms with E-state index in [2.05, 4.69) is 48.7 Å². The number of benzene rings is 1. The van der Waals surface area contributed by atoms with Gasteiger partial charge in [-0.2, -0.15) is 0 Å². The van der Waals surface area contributed by atoms with Gasteiger partial charge in [0.05, 0.1) is 11.4 Å². The fourth-order valence-corrected chi connectivity index (χ4v) is 2.87. The van der Waals surface area contributed by atoms with Gasteiger partial charge in [-0.15, -0.1) is 10.2 Å². The first-order valence-electron chi connectivity index (χ1n) is 4.78. The van der Waals surface area contributed by atoms with Gasteiger partial charge in [0.1, 0.15) is 6.33 Å².